The maximum absolute atomic E-state index is 5.82. The quantitative estimate of drug-likeness (QED) is 0.612. The molecule has 0 amide bonds. The summed E-state index contributed by atoms with van der Waals surface area (Å²) in [5.74, 6) is 0. The molecule has 0 N–H and O–H groups in total. The lowest BCUT2D eigenvalue weighted by Gasteiger charge is -2.33. The van der Waals surface area contributed by atoms with Gasteiger partial charge >= 0.3 is 8.56 Å². The summed E-state index contributed by atoms with van der Waals surface area (Å²) in [6.07, 6.45) is 0. The molecule has 0 aliphatic carbocycles. The first-order valence-corrected chi connectivity index (χ1v) is 7.78. The van der Waals surface area contributed by atoms with E-state index in [0.29, 0.717) is 5.54 Å². The van der Waals surface area contributed by atoms with E-state index in [2.05, 4.69) is 32.5 Å². The van der Waals surface area contributed by atoms with Crippen molar-refractivity contribution in [2.75, 3.05) is 33.9 Å². The zero-order valence-electron chi connectivity index (χ0n) is 10.5. The summed E-state index contributed by atoms with van der Waals surface area (Å²) in [5, 5.41) is 0. The normalized spacial score (nSPS) is 14.8. The van der Waals surface area contributed by atoms with Crippen molar-refractivity contribution in [3.63, 3.8) is 0 Å². The van der Waals surface area contributed by atoms with Crippen molar-refractivity contribution in [3.05, 3.63) is 0 Å². The van der Waals surface area contributed by atoms with Crippen LogP contribution in [0.1, 0.15) is 20.8 Å². The van der Waals surface area contributed by atoms with E-state index in [1.165, 1.54) is 0 Å². The van der Waals surface area contributed by atoms with Gasteiger partial charge in [-0.05, 0) is 34.5 Å². The smallest absolute Gasteiger partial charge is 0.339 e. The monoisotopic (exact) mass is 219 g/mol. The minimum absolute atomic E-state index is 0.498. The highest BCUT2D eigenvalue weighted by molar-refractivity contribution is 6.67. The maximum atomic E-state index is 5.82. The van der Waals surface area contributed by atoms with E-state index in [0.717, 1.165) is 19.8 Å². The third-order valence-corrected chi connectivity index (χ3v) is 6.09. The lowest BCUT2D eigenvalue weighted by Crippen LogP contribution is -2.46. The second-order valence-corrected chi connectivity index (χ2v) is 7.64. The molecular formula is C10H25NO2Si. The van der Waals surface area contributed by atoms with Crippen molar-refractivity contribution in [1.82, 2.24) is 4.90 Å². The van der Waals surface area contributed by atoms with Gasteiger partial charge in [0.15, 0.2) is 0 Å². The zero-order valence-corrected chi connectivity index (χ0v) is 11.5. The van der Waals surface area contributed by atoms with Crippen LogP contribution in [0.4, 0.5) is 0 Å². The van der Waals surface area contributed by atoms with Crippen LogP contribution in [0.15, 0.2) is 0 Å². The van der Waals surface area contributed by atoms with E-state index in [1.807, 2.05) is 13.8 Å². The molecule has 0 bridgehead atoms. The van der Waals surface area contributed by atoms with E-state index < -0.39 is 8.56 Å². The molecule has 0 aromatic carbocycles. The van der Waals surface area contributed by atoms with Gasteiger partial charge in [-0.25, -0.2) is 0 Å². The summed E-state index contributed by atoms with van der Waals surface area (Å²) in [6, 6.07) is 0. The van der Waals surface area contributed by atoms with Gasteiger partial charge in [-0.1, -0.05) is 6.92 Å². The van der Waals surface area contributed by atoms with E-state index in [9.17, 15) is 0 Å². The minimum atomic E-state index is -1.96. The Labute approximate surface area is 89.6 Å². The zero-order chi connectivity index (χ0) is 11.2. The maximum Gasteiger partial charge on any atom is 0.339 e. The third-order valence-electron chi connectivity index (χ3n) is 2.40. The summed E-state index contributed by atoms with van der Waals surface area (Å²) >= 11 is 0. The molecule has 0 aromatic heterocycles. The van der Waals surface area contributed by atoms with Crippen LogP contribution in [0.25, 0.3) is 0 Å². The molecule has 0 aromatic rings. The Hall–Kier alpha value is 0.0969. The second-order valence-electron chi connectivity index (χ2n) is 4.05. The first-order chi connectivity index (χ1) is 6.46. The molecule has 86 valence electrons. The Balaban J connectivity index is 4.29. The minimum Gasteiger partial charge on any atom is -0.394 e. The lowest BCUT2D eigenvalue weighted by atomic mass is 10.4. The molecule has 0 saturated heterocycles. The Morgan fingerprint density at radius 3 is 1.86 bits per heavy atom. The molecule has 0 radical (unpaired) electrons. The topological polar surface area (TPSA) is 21.7 Å². The molecular weight excluding hydrogens is 194 g/mol. The Morgan fingerprint density at radius 1 is 1.14 bits per heavy atom. The molecule has 0 spiro atoms. The number of hydrogen-bond acceptors (Lipinski definition) is 3. The van der Waals surface area contributed by atoms with Crippen LogP contribution >= 0.6 is 0 Å². The summed E-state index contributed by atoms with van der Waals surface area (Å²) in [7, 11) is 2.22. The van der Waals surface area contributed by atoms with Crippen LogP contribution in [-0.2, 0) is 8.85 Å². The Morgan fingerprint density at radius 2 is 1.57 bits per heavy atom. The average molecular weight is 219 g/mol. The van der Waals surface area contributed by atoms with Crippen LogP contribution in [0.3, 0.4) is 0 Å². The van der Waals surface area contributed by atoms with Crippen LogP contribution in [0, 0.1) is 0 Å². The van der Waals surface area contributed by atoms with Gasteiger partial charge in [0.05, 0.1) is 0 Å². The first kappa shape index (κ1) is 14.1. The first-order valence-electron chi connectivity index (χ1n) is 5.38. The van der Waals surface area contributed by atoms with Crippen LogP contribution in [0.5, 0.6) is 0 Å². The van der Waals surface area contributed by atoms with Gasteiger partial charge in [-0.15, -0.1) is 0 Å². The highest BCUT2D eigenvalue weighted by Crippen LogP contribution is 2.24. The lowest BCUT2D eigenvalue weighted by molar-refractivity contribution is 0.174. The predicted molar refractivity (Wildman–Crippen MR) is 62.8 cm³/mol. The number of nitrogens with zero attached hydrogens (tertiary/aromatic N) is 1. The van der Waals surface area contributed by atoms with Crippen LogP contribution < -0.4 is 0 Å². The van der Waals surface area contributed by atoms with E-state index >= 15 is 0 Å². The van der Waals surface area contributed by atoms with Gasteiger partial charge in [-0.2, -0.15) is 0 Å². The molecule has 1 atom stereocenters. The molecule has 1 unspecified atom stereocenters. The fourth-order valence-corrected chi connectivity index (χ4v) is 4.11. The molecule has 3 nitrogen and oxygen atoms in total. The SMILES string of the molecule is CCO[Si](C)(OCC)C(C)CN(C)C. The molecule has 0 heterocycles. The van der Waals surface area contributed by atoms with Gasteiger partial charge in [-0.3, -0.25) is 0 Å². The highest BCUT2D eigenvalue weighted by Gasteiger charge is 2.37. The second kappa shape index (κ2) is 6.56. The van der Waals surface area contributed by atoms with E-state index in [4.69, 9.17) is 8.85 Å². The molecule has 0 saturated carbocycles. The number of hydrogen-bond donors (Lipinski definition) is 0. The van der Waals surface area contributed by atoms with Gasteiger partial charge in [0, 0.05) is 25.3 Å². The summed E-state index contributed by atoms with van der Waals surface area (Å²) in [5.41, 5.74) is 0.498. The Bertz CT molecular complexity index is 147. The molecule has 0 aliphatic rings. The third kappa shape index (κ3) is 4.55. The standard InChI is InChI=1S/C10H25NO2Si/c1-7-12-14(6,13-8-2)10(3)9-11(4)5/h10H,7-9H2,1-6H3. The molecule has 0 rings (SSSR count). The Kier molecular flexibility index (Phi) is 6.60. The van der Waals surface area contributed by atoms with Crippen molar-refractivity contribution in [3.8, 4) is 0 Å². The van der Waals surface area contributed by atoms with E-state index in [-0.39, 0.29) is 0 Å². The summed E-state index contributed by atoms with van der Waals surface area (Å²) < 4.78 is 11.6. The molecule has 4 heteroatoms. The fourth-order valence-electron chi connectivity index (χ4n) is 1.61. The van der Waals surface area contributed by atoms with E-state index in [1.54, 1.807) is 0 Å². The van der Waals surface area contributed by atoms with Crippen molar-refractivity contribution >= 4 is 8.56 Å². The van der Waals surface area contributed by atoms with Crippen molar-refractivity contribution in [2.24, 2.45) is 0 Å². The fraction of sp³-hybridized carbons (Fsp3) is 1.00. The van der Waals surface area contributed by atoms with Gasteiger partial charge in [0.25, 0.3) is 0 Å². The van der Waals surface area contributed by atoms with Crippen molar-refractivity contribution in [1.29, 1.82) is 0 Å². The molecule has 0 fully saturated rings. The highest BCUT2D eigenvalue weighted by atomic mass is 28.4. The van der Waals surface area contributed by atoms with Gasteiger partial charge in [0.1, 0.15) is 0 Å². The van der Waals surface area contributed by atoms with Gasteiger partial charge in [0.2, 0.25) is 0 Å². The van der Waals surface area contributed by atoms with Crippen molar-refractivity contribution < 1.29 is 8.85 Å². The van der Waals surface area contributed by atoms with Crippen molar-refractivity contribution in [2.45, 2.75) is 32.9 Å². The largest absolute Gasteiger partial charge is 0.394 e. The van der Waals surface area contributed by atoms with Crippen LogP contribution in [0.2, 0.25) is 12.1 Å². The molecule has 0 aliphatic heterocycles. The summed E-state index contributed by atoms with van der Waals surface area (Å²) in [4.78, 5) is 2.19. The van der Waals surface area contributed by atoms with Crippen LogP contribution in [-0.4, -0.2) is 47.3 Å². The average Bonchev–Trinajstić information content (AvgIpc) is 2.03. The predicted octanol–water partition coefficient (Wildman–Crippen LogP) is 2.08. The summed E-state index contributed by atoms with van der Waals surface area (Å²) in [6.45, 7) is 11.0. The molecule has 14 heavy (non-hydrogen) atoms. The number of rotatable bonds is 7. The van der Waals surface area contributed by atoms with Gasteiger partial charge < -0.3 is 13.8 Å².